The lowest BCUT2D eigenvalue weighted by molar-refractivity contribution is -0.139. The van der Waals surface area contributed by atoms with Gasteiger partial charge in [0.15, 0.2) is 0 Å². The summed E-state index contributed by atoms with van der Waals surface area (Å²) >= 11 is 3.48. The van der Waals surface area contributed by atoms with Crippen molar-refractivity contribution in [3.05, 3.63) is 82.8 Å². The molecule has 2 amide bonds. The number of hydrogen-bond donors (Lipinski definition) is 1. The van der Waals surface area contributed by atoms with Crippen molar-refractivity contribution < 1.29 is 27.5 Å². The zero-order valence-corrected chi connectivity index (χ0v) is 27.1. The van der Waals surface area contributed by atoms with Crippen LogP contribution in [-0.2, 0) is 26.2 Å². The van der Waals surface area contributed by atoms with Crippen molar-refractivity contribution in [3.63, 3.8) is 0 Å². The second kappa shape index (κ2) is 14.7. The third-order valence-electron chi connectivity index (χ3n) is 7.63. The first kappa shape index (κ1) is 32.3. The van der Waals surface area contributed by atoms with Crippen LogP contribution in [0.1, 0.15) is 44.6 Å². The van der Waals surface area contributed by atoms with Crippen LogP contribution in [0.4, 0.5) is 5.69 Å². The van der Waals surface area contributed by atoms with Crippen LogP contribution >= 0.6 is 15.9 Å². The quantitative estimate of drug-likeness (QED) is 0.272. The largest absolute Gasteiger partial charge is 0.497 e. The maximum Gasteiger partial charge on any atom is 0.264 e. The molecule has 9 nitrogen and oxygen atoms in total. The van der Waals surface area contributed by atoms with Crippen molar-refractivity contribution in [2.24, 2.45) is 0 Å². The van der Waals surface area contributed by atoms with E-state index < -0.39 is 28.5 Å². The van der Waals surface area contributed by atoms with E-state index in [1.165, 1.54) is 37.3 Å². The maximum absolute atomic E-state index is 14.2. The zero-order chi connectivity index (χ0) is 31.0. The highest BCUT2D eigenvalue weighted by Gasteiger charge is 2.34. The maximum atomic E-state index is 14.2. The summed E-state index contributed by atoms with van der Waals surface area (Å²) in [5, 5.41) is 3.12. The van der Waals surface area contributed by atoms with Crippen molar-refractivity contribution in [1.82, 2.24) is 10.2 Å². The molecule has 0 radical (unpaired) electrons. The Kier molecular flexibility index (Phi) is 11.1. The first-order valence-corrected chi connectivity index (χ1v) is 16.5. The van der Waals surface area contributed by atoms with Crippen molar-refractivity contribution >= 4 is 43.5 Å². The molecule has 0 heterocycles. The van der Waals surface area contributed by atoms with Gasteiger partial charge >= 0.3 is 0 Å². The summed E-state index contributed by atoms with van der Waals surface area (Å²) in [6.45, 7) is 1.21. The van der Waals surface area contributed by atoms with Crippen LogP contribution in [0.15, 0.2) is 82.2 Å². The number of carbonyl (C=O) groups is 2. The van der Waals surface area contributed by atoms with E-state index in [1.807, 2.05) is 24.3 Å². The van der Waals surface area contributed by atoms with E-state index in [0.717, 1.165) is 46.4 Å². The van der Waals surface area contributed by atoms with Crippen LogP contribution in [-0.4, -0.2) is 58.0 Å². The van der Waals surface area contributed by atoms with Gasteiger partial charge < -0.3 is 19.7 Å². The number of halogens is 1. The molecule has 1 fully saturated rings. The predicted molar refractivity (Wildman–Crippen MR) is 170 cm³/mol. The molecule has 0 spiro atoms. The van der Waals surface area contributed by atoms with E-state index in [0.29, 0.717) is 5.75 Å². The first-order valence-electron chi connectivity index (χ1n) is 14.3. The van der Waals surface area contributed by atoms with Gasteiger partial charge in [-0.05, 0) is 61.7 Å². The molecule has 1 N–H and O–H groups in total. The van der Waals surface area contributed by atoms with E-state index >= 15 is 0 Å². The lowest BCUT2D eigenvalue weighted by Gasteiger charge is -2.33. The third kappa shape index (κ3) is 8.08. The molecule has 1 aliphatic carbocycles. The van der Waals surface area contributed by atoms with E-state index in [2.05, 4.69) is 21.2 Å². The summed E-state index contributed by atoms with van der Waals surface area (Å²) in [5.74, 6) is -0.181. The van der Waals surface area contributed by atoms with E-state index in [-0.39, 0.29) is 34.8 Å². The minimum Gasteiger partial charge on any atom is -0.497 e. The fourth-order valence-electron chi connectivity index (χ4n) is 5.21. The van der Waals surface area contributed by atoms with Gasteiger partial charge in [-0.1, -0.05) is 65.5 Å². The molecule has 0 aliphatic heterocycles. The molecule has 0 saturated heterocycles. The molecule has 4 rings (SSSR count). The number of nitrogens with one attached hydrogen (secondary N) is 1. The highest BCUT2D eigenvalue weighted by atomic mass is 79.9. The van der Waals surface area contributed by atoms with Crippen LogP contribution in [0.3, 0.4) is 0 Å². The Morgan fingerprint density at radius 3 is 2.33 bits per heavy atom. The molecule has 0 bridgehead atoms. The normalized spacial score (nSPS) is 14.4. The molecule has 0 aromatic heterocycles. The Labute approximate surface area is 262 Å². The predicted octanol–water partition coefficient (Wildman–Crippen LogP) is 5.53. The number of nitrogens with zero attached hydrogens (tertiary/aromatic N) is 2. The molecular formula is C32H38BrN3O6S. The number of carbonyl (C=O) groups excluding carboxylic acids is 2. The Hall–Kier alpha value is -3.57. The Balaban J connectivity index is 1.73. The number of benzene rings is 3. The Morgan fingerprint density at radius 1 is 0.953 bits per heavy atom. The van der Waals surface area contributed by atoms with Crippen molar-refractivity contribution in [2.75, 3.05) is 25.1 Å². The molecule has 230 valence electrons. The SMILES string of the molecule is COc1ccc(OC)c(N(CC(=O)N(Cc2cccc(Br)c2)[C@@H](C)C(=O)NC2CCCCC2)S(=O)(=O)c2ccccc2)c1. The average Bonchev–Trinajstić information content (AvgIpc) is 3.02. The van der Waals surface area contributed by atoms with E-state index in [9.17, 15) is 18.0 Å². The van der Waals surface area contributed by atoms with Crippen molar-refractivity contribution in [3.8, 4) is 11.5 Å². The smallest absolute Gasteiger partial charge is 0.264 e. The average molecular weight is 673 g/mol. The van der Waals surface area contributed by atoms with E-state index in [4.69, 9.17) is 9.47 Å². The first-order chi connectivity index (χ1) is 20.6. The highest BCUT2D eigenvalue weighted by Crippen LogP contribution is 2.36. The van der Waals surface area contributed by atoms with Crippen LogP contribution < -0.4 is 19.1 Å². The summed E-state index contributed by atoms with van der Waals surface area (Å²) in [6.07, 6.45) is 5.05. The zero-order valence-electron chi connectivity index (χ0n) is 24.7. The lowest BCUT2D eigenvalue weighted by Crippen LogP contribution is -2.53. The summed E-state index contributed by atoms with van der Waals surface area (Å²) < 4.78 is 40.9. The molecule has 1 aliphatic rings. The second-order valence-electron chi connectivity index (χ2n) is 10.5. The monoisotopic (exact) mass is 671 g/mol. The molecule has 3 aromatic rings. The molecule has 3 aromatic carbocycles. The summed E-state index contributed by atoms with van der Waals surface area (Å²) in [4.78, 5) is 29.2. The van der Waals surface area contributed by atoms with Gasteiger partial charge in [0.1, 0.15) is 24.1 Å². The van der Waals surface area contributed by atoms with Gasteiger partial charge in [0.25, 0.3) is 10.0 Å². The molecule has 1 atom stereocenters. The molecule has 0 unspecified atom stereocenters. The molecule has 11 heteroatoms. The van der Waals surface area contributed by atoms with Crippen LogP contribution in [0, 0.1) is 0 Å². The van der Waals surface area contributed by atoms with Crippen LogP contribution in [0.2, 0.25) is 0 Å². The summed E-state index contributed by atoms with van der Waals surface area (Å²) in [7, 11) is -1.35. The van der Waals surface area contributed by atoms with Gasteiger partial charge in [-0.3, -0.25) is 13.9 Å². The Morgan fingerprint density at radius 2 is 1.67 bits per heavy atom. The minimum atomic E-state index is -4.25. The summed E-state index contributed by atoms with van der Waals surface area (Å²) in [6, 6.07) is 19.3. The van der Waals surface area contributed by atoms with Gasteiger partial charge in [-0.25, -0.2) is 8.42 Å². The number of sulfonamides is 1. The number of hydrogen-bond acceptors (Lipinski definition) is 6. The van der Waals surface area contributed by atoms with Crippen molar-refractivity contribution in [2.45, 2.75) is 62.6 Å². The van der Waals surface area contributed by atoms with Crippen molar-refractivity contribution in [1.29, 1.82) is 0 Å². The summed E-state index contributed by atoms with van der Waals surface area (Å²) in [5.41, 5.74) is 0.928. The standard InChI is InChI=1S/C32H38BrN3O6S/c1-23(32(38)34-26-13-6-4-7-14-26)35(21-24-11-10-12-25(33)19-24)31(37)22-36(43(39,40)28-15-8-5-9-16-28)29-20-27(41-2)17-18-30(29)42-3/h5,8-12,15-20,23,26H,4,6-7,13-14,21-22H2,1-3H3,(H,34,38)/t23-/m0/s1. The van der Waals surface area contributed by atoms with Gasteiger partial charge in [0, 0.05) is 23.1 Å². The second-order valence-corrected chi connectivity index (χ2v) is 13.3. The van der Waals surface area contributed by atoms with Gasteiger partial charge in [0.05, 0.1) is 24.8 Å². The van der Waals surface area contributed by atoms with E-state index in [1.54, 1.807) is 37.3 Å². The Bertz CT molecular complexity index is 1510. The number of ether oxygens (including phenoxy) is 2. The lowest BCUT2D eigenvalue weighted by atomic mass is 9.95. The number of anilines is 1. The van der Waals surface area contributed by atoms with Crippen LogP contribution in [0.5, 0.6) is 11.5 Å². The third-order valence-corrected chi connectivity index (χ3v) is 9.89. The fraction of sp³-hybridized carbons (Fsp3) is 0.375. The van der Waals surface area contributed by atoms with Gasteiger partial charge in [-0.15, -0.1) is 0 Å². The van der Waals surface area contributed by atoms with Crippen LogP contribution in [0.25, 0.3) is 0 Å². The van der Waals surface area contributed by atoms with Gasteiger partial charge in [-0.2, -0.15) is 0 Å². The topological polar surface area (TPSA) is 105 Å². The number of amides is 2. The highest BCUT2D eigenvalue weighted by molar-refractivity contribution is 9.10. The molecular weight excluding hydrogens is 634 g/mol. The van der Waals surface area contributed by atoms with Gasteiger partial charge in [0.2, 0.25) is 11.8 Å². The minimum absolute atomic E-state index is 0.00861. The molecule has 43 heavy (non-hydrogen) atoms. The fourth-order valence-corrected chi connectivity index (χ4v) is 7.09. The number of methoxy groups -OCH3 is 2. The number of rotatable bonds is 12. The molecule has 1 saturated carbocycles.